The molecule has 0 saturated carbocycles. The van der Waals surface area contributed by atoms with Crippen LogP contribution in [0.4, 0.5) is 8.78 Å². The third kappa shape index (κ3) is 2.78. The van der Waals surface area contributed by atoms with E-state index in [4.69, 9.17) is 4.52 Å². The average molecular weight is 266 g/mol. The van der Waals surface area contributed by atoms with Crippen molar-refractivity contribution >= 4 is 5.91 Å². The van der Waals surface area contributed by atoms with E-state index in [0.29, 0.717) is 6.54 Å². The van der Waals surface area contributed by atoms with E-state index in [1.165, 1.54) is 12.3 Å². The Morgan fingerprint density at radius 3 is 2.84 bits per heavy atom. The van der Waals surface area contributed by atoms with E-state index < -0.39 is 11.6 Å². The molecule has 1 amide bonds. The molecule has 0 bridgehead atoms. The van der Waals surface area contributed by atoms with Gasteiger partial charge in [0, 0.05) is 12.1 Å². The van der Waals surface area contributed by atoms with E-state index in [9.17, 15) is 13.6 Å². The van der Waals surface area contributed by atoms with Crippen molar-refractivity contribution in [3.8, 4) is 11.3 Å². The minimum absolute atomic E-state index is 0.118. The van der Waals surface area contributed by atoms with Crippen LogP contribution in [0.25, 0.3) is 11.3 Å². The van der Waals surface area contributed by atoms with Crippen LogP contribution in [0.5, 0.6) is 0 Å². The zero-order valence-electron chi connectivity index (χ0n) is 10.2. The van der Waals surface area contributed by atoms with Crippen LogP contribution >= 0.6 is 0 Å². The fraction of sp³-hybridized carbons (Fsp3) is 0.231. The Bertz CT molecular complexity index is 596. The molecule has 0 aliphatic heterocycles. The lowest BCUT2D eigenvalue weighted by molar-refractivity contribution is 0.0954. The molecule has 0 radical (unpaired) electrons. The van der Waals surface area contributed by atoms with Crippen molar-refractivity contribution in [1.29, 1.82) is 0 Å². The van der Waals surface area contributed by atoms with Gasteiger partial charge in [0.05, 0.1) is 6.20 Å². The van der Waals surface area contributed by atoms with E-state index in [1.54, 1.807) is 0 Å². The van der Waals surface area contributed by atoms with Gasteiger partial charge in [0.2, 0.25) is 0 Å². The van der Waals surface area contributed by atoms with E-state index in [1.807, 2.05) is 6.92 Å². The molecular formula is C13H12F2N2O2. The van der Waals surface area contributed by atoms with Gasteiger partial charge >= 0.3 is 0 Å². The van der Waals surface area contributed by atoms with Crippen LogP contribution < -0.4 is 5.32 Å². The second-order valence-electron chi connectivity index (χ2n) is 3.95. The lowest BCUT2D eigenvalue weighted by atomic mass is 10.1. The second kappa shape index (κ2) is 5.60. The molecule has 0 saturated heterocycles. The van der Waals surface area contributed by atoms with Crippen LogP contribution in [0, 0.1) is 11.6 Å². The predicted molar refractivity (Wildman–Crippen MR) is 64.5 cm³/mol. The molecule has 0 aliphatic carbocycles. The number of nitrogens with one attached hydrogen (secondary N) is 1. The first-order chi connectivity index (χ1) is 9.13. The molecule has 0 aliphatic rings. The standard InChI is InChI=1S/C13H12F2N2O2/c1-2-5-16-13(18)9-7-17-19-12(9)8-3-4-10(14)11(15)6-8/h3-4,6-7H,2,5H2,1H3,(H,16,18). The van der Waals surface area contributed by atoms with Crippen molar-refractivity contribution in [2.75, 3.05) is 6.54 Å². The Balaban J connectivity index is 2.33. The molecule has 1 N–H and O–H groups in total. The maximum Gasteiger partial charge on any atom is 0.256 e. The van der Waals surface area contributed by atoms with E-state index >= 15 is 0 Å². The van der Waals surface area contributed by atoms with Crippen molar-refractivity contribution in [3.63, 3.8) is 0 Å². The van der Waals surface area contributed by atoms with Crippen LogP contribution in [-0.2, 0) is 0 Å². The minimum atomic E-state index is -1.01. The van der Waals surface area contributed by atoms with Gasteiger partial charge in [-0.1, -0.05) is 12.1 Å². The van der Waals surface area contributed by atoms with Gasteiger partial charge in [-0.2, -0.15) is 0 Å². The number of nitrogens with zero attached hydrogens (tertiary/aromatic N) is 1. The predicted octanol–water partition coefficient (Wildman–Crippen LogP) is 2.76. The van der Waals surface area contributed by atoms with Gasteiger partial charge in [0.1, 0.15) is 5.56 Å². The van der Waals surface area contributed by atoms with Crippen LogP contribution in [0.1, 0.15) is 23.7 Å². The molecule has 0 unspecified atom stereocenters. The molecule has 2 aromatic rings. The highest BCUT2D eigenvalue weighted by atomic mass is 19.2. The first kappa shape index (κ1) is 13.2. The maximum atomic E-state index is 13.2. The Morgan fingerprint density at radius 2 is 2.16 bits per heavy atom. The van der Waals surface area contributed by atoms with Crippen LogP contribution in [0.3, 0.4) is 0 Å². The monoisotopic (exact) mass is 266 g/mol. The summed E-state index contributed by atoms with van der Waals surface area (Å²) in [6.45, 7) is 2.44. The van der Waals surface area contributed by atoms with Gasteiger partial charge < -0.3 is 9.84 Å². The largest absolute Gasteiger partial charge is 0.355 e. The molecule has 0 fully saturated rings. The highest BCUT2D eigenvalue weighted by molar-refractivity contribution is 5.99. The van der Waals surface area contributed by atoms with Crippen LogP contribution in [0.2, 0.25) is 0 Å². The van der Waals surface area contributed by atoms with Gasteiger partial charge in [0.25, 0.3) is 5.91 Å². The smallest absolute Gasteiger partial charge is 0.256 e. The lowest BCUT2D eigenvalue weighted by Crippen LogP contribution is -2.24. The second-order valence-corrected chi connectivity index (χ2v) is 3.95. The maximum absolute atomic E-state index is 13.2. The topological polar surface area (TPSA) is 55.1 Å². The number of halogens is 2. The fourth-order valence-electron chi connectivity index (χ4n) is 1.58. The molecule has 0 spiro atoms. The third-order valence-electron chi connectivity index (χ3n) is 2.53. The Hall–Kier alpha value is -2.24. The Kier molecular flexibility index (Phi) is 3.89. The van der Waals surface area contributed by atoms with Crippen LogP contribution in [0.15, 0.2) is 28.9 Å². The normalized spacial score (nSPS) is 10.5. The molecule has 100 valence electrons. The summed E-state index contributed by atoms with van der Waals surface area (Å²) in [7, 11) is 0. The molecule has 6 heteroatoms. The molecule has 0 atom stereocenters. The SMILES string of the molecule is CCCNC(=O)c1cnoc1-c1ccc(F)c(F)c1. The number of rotatable bonds is 4. The summed E-state index contributed by atoms with van der Waals surface area (Å²) in [5, 5.41) is 6.19. The van der Waals surface area contributed by atoms with Crippen molar-refractivity contribution < 1.29 is 18.1 Å². The van der Waals surface area contributed by atoms with Gasteiger partial charge in [-0.15, -0.1) is 0 Å². The zero-order valence-corrected chi connectivity index (χ0v) is 10.2. The average Bonchev–Trinajstić information content (AvgIpc) is 2.88. The minimum Gasteiger partial charge on any atom is -0.355 e. The molecule has 1 aromatic heterocycles. The number of benzene rings is 1. The number of carbonyl (C=O) groups is 1. The number of hydrogen-bond donors (Lipinski definition) is 1. The molecular weight excluding hydrogens is 254 g/mol. The number of aromatic nitrogens is 1. The van der Waals surface area contributed by atoms with Crippen molar-refractivity contribution in [2.24, 2.45) is 0 Å². The summed E-state index contributed by atoms with van der Waals surface area (Å²) in [6.07, 6.45) is 2.04. The Labute approximate surface area is 108 Å². The molecule has 1 heterocycles. The third-order valence-corrected chi connectivity index (χ3v) is 2.53. The highest BCUT2D eigenvalue weighted by Gasteiger charge is 2.18. The number of carbonyl (C=O) groups excluding carboxylic acids is 1. The molecule has 4 nitrogen and oxygen atoms in total. The summed E-state index contributed by atoms with van der Waals surface area (Å²) >= 11 is 0. The highest BCUT2D eigenvalue weighted by Crippen LogP contribution is 2.25. The van der Waals surface area contributed by atoms with Gasteiger partial charge in [0.15, 0.2) is 17.4 Å². The van der Waals surface area contributed by atoms with Crippen molar-refractivity contribution in [2.45, 2.75) is 13.3 Å². The molecule has 19 heavy (non-hydrogen) atoms. The molecule has 2 rings (SSSR count). The Morgan fingerprint density at radius 1 is 1.37 bits per heavy atom. The molecule has 1 aromatic carbocycles. The van der Waals surface area contributed by atoms with E-state index in [-0.39, 0.29) is 22.8 Å². The summed E-state index contributed by atoms with van der Waals surface area (Å²) in [5.41, 5.74) is 0.456. The first-order valence-corrected chi connectivity index (χ1v) is 5.81. The number of amides is 1. The summed E-state index contributed by atoms with van der Waals surface area (Å²) in [4.78, 5) is 11.8. The lowest BCUT2D eigenvalue weighted by Gasteiger charge is -2.03. The quantitative estimate of drug-likeness (QED) is 0.925. The first-order valence-electron chi connectivity index (χ1n) is 5.81. The zero-order chi connectivity index (χ0) is 13.8. The van der Waals surface area contributed by atoms with Crippen molar-refractivity contribution in [1.82, 2.24) is 10.5 Å². The van der Waals surface area contributed by atoms with E-state index in [2.05, 4.69) is 10.5 Å². The summed E-state index contributed by atoms with van der Waals surface area (Å²) in [6, 6.07) is 3.27. The number of hydrogen-bond acceptors (Lipinski definition) is 3. The van der Waals surface area contributed by atoms with Crippen LogP contribution in [-0.4, -0.2) is 17.6 Å². The van der Waals surface area contributed by atoms with Gasteiger partial charge in [-0.05, 0) is 24.6 Å². The van der Waals surface area contributed by atoms with Gasteiger partial charge in [-0.3, -0.25) is 4.79 Å². The summed E-state index contributed by atoms with van der Waals surface area (Å²) in [5.74, 6) is -2.20. The van der Waals surface area contributed by atoms with E-state index in [0.717, 1.165) is 18.6 Å². The van der Waals surface area contributed by atoms with Gasteiger partial charge in [-0.25, -0.2) is 8.78 Å². The fourth-order valence-corrected chi connectivity index (χ4v) is 1.58. The van der Waals surface area contributed by atoms with Crippen molar-refractivity contribution in [3.05, 3.63) is 41.6 Å². The summed E-state index contributed by atoms with van der Waals surface area (Å²) < 4.78 is 31.0.